The summed E-state index contributed by atoms with van der Waals surface area (Å²) in [5.41, 5.74) is 7.71. The van der Waals surface area contributed by atoms with Crippen molar-refractivity contribution in [1.82, 2.24) is 0 Å². The van der Waals surface area contributed by atoms with Gasteiger partial charge in [-0.1, -0.05) is 23.7 Å². The maximum Gasteiger partial charge on any atom is 0.0991 e. The number of nitrogens with zero attached hydrogens (tertiary/aromatic N) is 1. The Kier molecular flexibility index (Phi) is 4.20. The lowest BCUT2D eigenvalue weighted by Gasteiger charge is -2.06. The molecule has 19 heavy (non-hydrogen) atoms. The Balaban J connectivity index is 2.18. The highest BCUT2D eigenvalue weighted by Gasteiger charge is 2.09. The molecular formula is C14H11ClN2OS. The van der Waals surface area contributed by atoms with Crippen LogP contribution in [0.25, 0.3) is 0 Å². The monoisotopic (exact) mass is 290 g/mol. The number of halogens is 1. The molecule has 0 fully saturated rings. The van der Waals surface area contributed by atoms with Crippen molar-refractivity contribution in [2.75, 3.05) is 5.73 Å². The second kappa shape index (κ2) is 5.87. The summed E-state index contributed by atoms with van der Waals surface area (Å²) in [6.07, 6.45) is 0. The van der Waals surface area contributed by atoms with Crippen LogP contribution in [0, 0.1) is 11.3 Å². The Hall–Kier alpha value is -1.83. The van der Waals surface area contributed by atoms with Crippen molar-refractivity contribution in [1.29, 1.82) is 5.26 Å². The van der Waals surface area contributed by atoms with Crippen LogP contribution in [-0.2, 0) is 16.6 Å². The maximum atomic E-state index is 12.2. The molecule has 2 N–H and O–H groups in total. The molecule has 3 nitrogen and oxygen atoms in total. The first kappa shape index (κ1) is 13.6. The molecule has 2 rings (SSSR count). The van der Waals surface area contributed by atoms with Gasteiger partial charge in [0.2, 0.25) is 0 Å². The van der Waals surface area contributed by atoms with E-state index in [0.29, 0.717) is 26.9 Å². The lowest BCUT2D eigenvalue weighted by Crippen LogP contribution is -2.01. The molecule has 0 aliphatic rings. The van der Waals surface area contributed by atoms with Crippen LogP contribution in [0.15, 0.2) is 47.4 Å². The maximum absolute atomic E-state index is 12.2. The molecule has 2 aromatic carbocycles. The normalized spacial score (nSPS) is 11.8. The van der Waals surface area contributed by atoms with Gasteiger partial charge in [0.05, 0.1) is 33.1 Å². The molecule has 1 unspecified atom stereocenters. The largest absolute Gasteiger partial charge is 0.398 e. The lowest BCUT2D eigenvalue weighted by molar-refractivity contribution is 0.683. The zero-order valence-electron chi connectivity index (χ0n) is 9.97. The van der Waals surface area contributed by atoms with Gasteiger partial charge in [-0.15, -0.1) is 0 Å². The Morgan fingerprint density at radius 1 is 1.21 bits per heavy atom. The van der Waals surface area contributed by atoms with Crippen LogP contribution in [0.1, 0.15) is 11.1 Å². The van der Waals surface area contributed by atoms with E-state index in [9.17, 15) is 4.21 Å². The predicted molar refractivity (Wildman–Crippen MR) is 77.1 cm³/mol. The van der Waals surface area contributed by atoms with Gasteiger partial charge in [-0.25, -0.2) is 0 Å². The summed E-state index contributed by atoms with van der Waals surface area (Å²) in [5.74, 6) is 0.359. The number of rotatable bonds is 3. The van der Waals surface area contributed by atoms with Crippen molar-refractivity contribution in [3.63, 3.8) is 0 Å². The van der Waals surface area contributed by atoms with Crippen molar-refractivity contribution >= 4 is 28.1 Å². The second-order valence-electron chi connectivity index (χ2n) is 3.98. The van der Waals surface area contributed by atoms with E-state index in [1.807, 2.05) is 6.07 Å². The number of benzene rings is 2. The first-order chi connectivity index (χ1) is 9.10. The van der Waals surface area contributed by atoms with Crippen LogP contribution in [0.3, 0.4) is 0 Å². The summed E-state index contributed by atoms with van der Waals surface area (Å²) < 4.78 is 12.2. The molecule has 0 aromatic heterocycles. The van der Waals surface area contributed by atoms with Crippen molar-refractivity contribution < 1.29 is 4.21 Å². The summed E-state index contributed by atoms with van der Waals surface area (Å²) in [7, 11) is -1.23. The zero-order chi connectivity index (χ0) is 13.8. The van der Waals surface area contributed by atoms with Crippen LogP contribution < -0.4 is 5.73 Å². The smallest absolute Gasteiger partial charge is 0.0991 e. The summed E-state index contributed by atoms with van der Waals surface area (Å²) >= 11 is 5.81. The molecule has 1 atom stereocenters. The molecule has 2 aromatic rings. The highest BCUT2D eigenvalue weighted by Crippen LogP contribution is 2.23. The first-order valence-electron chi connectivity index (χ1n) is 5.52. The third kappa shape index (κ3) is 3.34. The van der Waals surface area contributed by atoms with Crippen LogP contribution in [-0.4, -0.2) is 4.21 Å². The quantitative estimate of drug-likeness (QED) is 0.883. The molecule has 0 bridgehead atoms. The summed E-state index contributed by atoms with van der Waals surface area (Å²) in [4.78, 5) is 0.578. The third-order valence-electron chi connectivity index (χ3n) is 2.60. The van der Waals surface area contributed by atoms with E-state index in [0.717, 1.165) is 5.56 Å². The summed E-state index contributed by atoms with van der Waals surface area (Å²) in [5, 5.41) is 9.24. The topological polar surface area (TPSA) is 66.9 Å². The highest BCUT2D eigenvalue weighted by atomic mass is 35.5. The Morgan fingerprint density at radius 3 is 2.47 bits per heavy atom. The number of nitrogens with two attached hydrogens (primary N) is 1. The SMILES string of the molecule is N#Cc1ccc(CS(=O)c2ccc(Cl)cc2N)cc1. The standard InChI is InChI=1S/C14H11ClN2OS/c15-12-5-6-14(13(17)7-12)19(18)9-11-3-1-10(8-16)2-4-11/h1-7H,9,17H2. The molecular weight excluding hydrogens is 280 g/mol. The fraction of sp³-hybridized carbons (Fsp3) is 0.0714. The minimum absolute atomic E-state index is 0.359. The fourth-order valence-electron chi connectivity index (χ4n) is 1.63. The van der Waals surface area contributed by atoms with Gasteiger partial charge in [-0.2, -0.15) is 5.26 Å². The molecule has 5 heteroatoms. The van der Waals surface area contributed by atoms with Gasteiger partial charge in [0, 0.05) is 10.7 Å². The van der Waals surface area contributed by atoms with Gasteiger partial charge in [0.1, 0.15) is 0 Å². The lowest BCUT2D eigenvalue weighted by atomic mass is 10.2. The highest BCUT2D eigenvalue weighted by molar-refractivity contribution is 7.84. The third-order valence-corrected chi connectivity index (χ3v) is 4.29. The van der Waals surface area contributed by atoms with Gasteiger partial charge >= 0.3 is 0 Å². The minimum atomic E-state index is -1.23. The number of nitriles is 1. The molecule has 0 aliphatic carbocycles. The molecule has 0 heterocycles. The van der Waals surface area contributed by atoms with Crippen molar-refractivity contribution in [3.8, 4) is 6.07 Å². The number of anilines is 1. The van der Waals surface area contributed by atoms with E-state index >= 15 is 0 Å². The van der Waals surface area contributed by atoms with Crippen LogP contribution in [0.4, 0.5) is 5.69 Å². The van der Waals surface area contributed by atoms with E-state index in [1.54, 1.807) is 42.5 Å². The molecule has 0 radical (unpaired) electrons. The average molecular weight is 291 g/mol. The molecule has 0 aliphatic heterocycles. The molecule has 0 saturated heterocycles. The van der Waals surface area contributed by atoms with Gasteiger partial charge < -0.3 is 5.73 Å². The summed E-state index contributed by atoms with van der Waals surface area (Å²) in [6.45, 7) is 0. The molecule has 0 saturated carbocycles. The zero-order valence-corrected chi connectivity index (χ0v) is 11.5. The summed E-state index contributed by atoms with van der Waals surface area (Å²) in [6, 6.07) is 14.0. The van der Waals surface area contributed by atoms with E-state index in [1.165, 1.54) is 0 Å². The second-order valence-corrected chi connectivity index (χ2v) is 5.84. The van der Waals surface area contributed by atoms with Crippen LogP contribution in [0.5, 0.6) is 0 Å². The predicted octanol–water partition coefficient (Wildman–Crippen LogP) is 3.10. The Morgan fingerprint density at radius 2 is 1.89 bits per heavy atom. The van der Waals surface area contributed by atoms with E-state index < -0.39 is 10.8 Å². The molecule has 96 valence electrons. The van der Waals surface area contributed by atoms with E-state index in [4.69, 9.17) is 22.6 Å². The first-order valence-corrected chi connectivity index (χ1v) is 7.22. The fourth-order valence-corrected chi connectivity index (χ4v) is 3.00. The van der Waals surface area contributed by atoms with Crippen molar-refractivity contribution in [2.24, 2.45) is 0 Å². The minimum Gasteiger partial charge on any atom is -0.398 e. The molecule has 0 spiro atoms. The Labute approximate surface area is 119 Å². The van der Waals surface area contributed by atoms with E-state index in [2.05, 4.69) is 0 Å². The van der Waals surface area contributed by atoms with Crippen LogP contribution >= 0.6 is 11.6 Å². The van der Waals surface area contributed by atoms with Crippen molar-refractivity contribution in [3.05, 3.63) is 58.6 Å². The molecule has 0 amide bonds. The number of hydrogen-bond acceptors (Lipinski definition) is 3. The van der Waals surface area contributed by atoms with Gasteiger partial charge in [-0.05, 0) is 35.9 Å². The number of hydrogen-bond donors (Lipinski definition) is 1. The van der Waals surface area contributed by atoms with Crippen LogP contribution in [0.2, 0.25) is 5.02 Å². The van der Waals surface area contributed by atoms with E-state index in [-0.39, 0.29) is 0 Å². The van der Waals surface area contributed by atoms with Gasteiger partial charge in [-0.3, -0.25) is 4.21 Å². The number of nitrogen functional groups attached to an aromatic ring is 1. The Bertz CT molecular complexity index is 662. The van der Waals surface area contributed by atoms with Crippen molar-refractivity contribution in [2.45, 2.75) is 10.6 Å². The average Bonchev–Trinajstić information content (AvgIpc) is 2.39. The van der Waals surface area contributed by atoms with Gasteiger partial charge in [0.15, 0.2) is 0 Å². The van der Waals surface area contributed by atoms with Gasteiger partial charge in [0.25, 0.3) is 0 Å².